The summed E-state index contributed by atoms with van der Waals surface area (Å²) in [5.41, 5.74) is 3.21. The predicted molar refractivity (Wildman–Crippen MR) is 162 cm³/mol. The molecule has 2 aromatic rings. The summed E-state index contributed by atoms with van der Waals surface area (Å²) >= 11 is 0. The summed E-state index contributed by atoms with van der Waals surface area (Å²) in [5, 5.41) is 11.0. The first-order valence-electron chi connectivity index (χ1n) is 15.4. The zero-order valence-corrected chi connectivity index (χ0v) is 25.4. The van der Waals surface area contributed by atoms with E-state index < -0.39 is 6.29 Å². The van der Waals surface area contributed by atoms with Gasteiger partial charge in [0.15, 0.2) is 6.29 Å². The van der Waals surface area contributed by atoms with Crippen molar-refractivity contribution in [3.05, 3.63) is 65.2 Å². The Morgan fingerprint density at radius 3 is 2.41 bits per heavy atom. The highest BCUT2D eigenvalue weighted by molar-refractivity contribution is 5.76. The molecule has 7 nitrogen and oxygen atoms in total. The number of rotatable bonds is 14. The number of carbonyl (C=O) groups excluding carboxylic acids is 1. The molecule has 0 radical (unpaired) electrons. The molecule has 2 aliphatic rings. The maximum Gasteiger partial charge on any atom is 0.225 e. The predicted octanol–water partition coefficient (Wildman–Crippen LogP) is 5.38. The molecule has 226 valence electrons. The molecule has 1 saturated heterocycles. The Balaban J connectivity index is 1.34. The van der Waals surface area contributed by atoms with Crippen molar-refractivity contribution in [1.29, 1.82) is 0 Å². The van der Waals surface area contributed by atoms with Crippen LogP contribution in [0.3, 0.4) is 0 Å². The third kappa shape index (κ3) is 8.54. The van der Waals surface area contributed by atoms with Crippen molar-refractivity contribution in [3.63, 3.8) is 0 Å². The molecule has 4 rings (SSSR count). The summed E-state index contributed by atoms with van der Waals surface area (Å²) < 4.78 is 16.8. The van der Waals surface area contributed by atoms with Gasteiger partial charge in [-0.2, -0.15) is 0 Å². The monoisotopic (exact) mass is 566 g/mol. The first kappa shape index (κ1) is 31.5. The van der Waals surface area contributed by atoms with E-state index in [0.29, 0.717) is 37.8 Å². The van der Waals surface area contributed by atoms with E-state index in [1.807, 2.05) is 23.1 Å². The number of phenolic OH excluding ortho intramolecular Hbond substituents is 1. The van der Waals surface area contributed by atoms with Crippen molar-refractivity contribution in [3.8, 4) is 5.75 Å². The fourth-order valence-corrected chi connectivity index (χ4v) is 6.59. The van der Waals surface area contributed by atoms with Gasteiger partial charge in [-0.25, -0.2) is 0 Å². The number of aromatic hydroxyl groups is 1. The van der Waals surface area contributed by atoms with Gasteiger partial charge in [0, 0.05) is 31.7 Å². The van der Waals surface area contributed by atoms with Crippen LogP contribution in [0.4, 0.5) is 0 Å². The Labute approximate surface area is 246 Å². The lowest BCUT2D eigenvalue weighted by Crippen LogP contribution is -2.42. The smallest absolute Gasteiger partial charge is 0.225 e. The third-order valence-corrected chi connectivity index (χ3v) is 9.19. The van der Waals surface area contributed by atoms with Gasteiger partial charge in [0.2, 0.25) is 5.91 Å². The second-order valence-electron chi connectivity index (χ2n) is 11.9. The van der Waals surface area contributed by atoms with Gasteiger partial charge in [-0.3, -0.25) is 4.79 Å². The van der Waals surface area contributed by atoms with Crippen molar-refractivity contribution < 1.29 is 24.1 Å². The molecule has 1 aliphatic carbocycles. The van der Waals surface area contributed by atoms with Gasteiger partial charge in [0.1, 0.15) is 5.75 Å². The molecule has 7 heteroatoms. The molecule has 41 heavy (non-hydrogen) atoms. The van der Waals surface area contributed by atoms with Crippen LogP contribution in [-0.2, 0) is 30.8 Å². The minimum atomic E-state index is -0.420. The molecule has 0 spiro atoms. The van der Waals surface area contributed by atoms with Crippen LogP contribution in [0.25, 0.3) is 0 Å². The van der Waals surface area contributed by atoms with Gasteiger partial charge in [0.05, 0.1) is 26.2 Å². The molecule has 0 bridgehead atoms. The van der Waals surface area contributed by atoms with Gasteiger partial charge < -0.3 is 29.1 Å². The van der Waals surface area contributed by atoms with E-state index in [0.717, 1.165) is 50.0 Å². The largest absolute Gasteiger partial charge is 0.508 e. The lowest BCUT2D eigenvalue weighted by molar-refractivity contribution is -0.147. The summed E-state index contributed by atoms with van der Waals surface area (Å²) in [6.07, 6.45) is 8.74. The van der Waals surface area contributed by atoms with Crippen molar-refractivity contribution in [2.75, 3.05) is 60.7 Å². The van der Waals surface area contributed by atoms with Gasteiger partial charge in [-0.15, -0.1) is 0 Å². The van der Waals surface area contributed by atoms with Gasteiger partial charge >= 0.3 is 0 Å². The molecule has 1 N–H and O–H groups in total. The summed E-state index contributed by atoms with van der Waals surface area (Å²) in [4.78, 5) is 17.4. The molecule has 0 unspecified atom stereocenters. The molecule has 0 atom stereocenters. The summed E-state index contributed by atoms with van der Waals surface area (Å²) in [7, 11) is 5.39. The molecule has 2 fully saturated rings. The number of hydrogen-bond donors (Lipinski definition) is 1. The summed E-state index contributed by atoms with van der Waals surface area (Å²) in [5.74, 6) is 1.00. The number of nitrogens with zero attached hydrogens (tertiary/aromatic N) is 2. The maximum atomic E-state index is 13.2. The average Bonchev–Trinajstić information content (AvgIpc) is 3.01. The molecule has 0 aromatic heterocycles. The zero-order chi connectivity index (χ0) is 29.1. The van der Waals surface area contributed by atoms with Crippen LogP contribution in [0.1, 0.15) is 68.1 Å². The number of hydrogen-bond acceptors (Lipinski definition) is 6. The van der Waals surface area contributed by atoms with E-state index >= 15 is 0 Å². The second-order valence-corrected chi connectivity index (χ2v) is 11.9. The van der Waals surface area contributed by atoms with Crippen LogP contribution in [-0.4, -0.2) is 87.8 Å². The minimum absolute atomic E-state index is 0.0914. The highest BCUT2D eigenvalue weighted by Crippen LogP contribution is 2.45. The molecule has 2 aromatic carbocycles. The zero-order valence-electron chi connectivity index (χ0n) is 25.4. The topological polar surface area (TPSA) is 71.5 Å². The second kappa shape index (κ2) is 15.7. The third-order valence-electron chi connectivity index (χ3n) is 9.19. The van der Waals surface area contributed by atoms with Crippen molar-refractivity contribution >= 4 is 5.91 Å². The number of piperidine rings is 1. The number of amides is 1. The van der Waals surface area contributed by atoms with E-state index in [1.165, 1.54) is 37.7 Å². The highest BCUT2D eigenvalue weighted by atomic mass is 16.7. The molecule has 1 aliphatic heterocycles. The number of phenols is 1. The van der Waals surface area contributed by atoms with Crippen molar-refractivity contribution in [2.45, 2.75) is 69.5 Å². The fraction of sp³-hybridized carbons (Fsp3) is 0.618. The fourth-order valence-electron chi connectivity index (χ4n) is 6.59. The van der Waals surface area contributed by atoms with E-state index in [9.17, 15) is 9.90 Å². The maximum absolute atomic E-state index is 13.2. The van der Waals surface area contributed by atoms with Crippen molar-refractivity contribution in [1.82, 2.24) is 9.80 Å². The Kier molecular flexibility index (Phi) is 12.0. The van der Waals surface area contributed by atoms with E-state index in [2.05, 4.69) is 42.3 Å². The summed E-state index contributed by atoms with van der Waals surface area (Å²) in [6, 6.07) is 16.6. The van der Waals surface area contributed by atoms with Crippen LogP contribution < -0.4 is 0 Å². The quantitative estimate of drug-likeness (QED) is 0.245. The molecular formula is C34H50N2O5. The molecule has 1 saturated carbocycles. The molecule has 1 amide bonds. The molecule has 1 heterocycles. The first-order chi connectivity index (χ1) is 19.9. The number of likely N-dealkylation sites (tertiary alicyclic amines) is 1. The minimum Gasteiger partial charge on any atom is -0.508 e. The number of carbonyl (C=O) groups is 1. The van der Waals surface area contributed by atoms with Gasteiger partial charge in [0.25, 0.3) is 0 Å². The van der Waals surface area contributed by atoms with E-state index in [4.69, 9.17) is 14.2 Å². The van der Waals surface area contributed by atoms with Crippen molar-refractivity contribution in [2.24, 2.45) is 5.92 Å². The Morgan fingerprint density at radius 1 is 1.02 bits per heavy atom. The Hall–Kier alpha value is -2.45. The summed E-state index contributed by atoms with van der Waals surface area (Å²) in [6.45, 7) is 4.09. The van der Waals surface area contributed by atoms with Crippen LogP contribution in [0.15, 0.2) is 48.5 Å². The van der Waals surface area contributed by atoms with E-state index in [-0.39, 0.29) is 11.3 Å². The van der Waals surface area contributed by atoms with E-state index in [1.54, 1.807) is 14.2 Å². The van der Waals surface area contributed by atoms with Crippen LogP contribution in [0.5, 0.6) is 5.75 Å². The standard InChI is InChI=1S/C34H50N2O5/c1-35-20-18-34(19-21-35,29-12-8-5-9-13-29)30-24-27(14-15-31(30)37)16-22-41-23-17-32(38)36(26-33(39-2)40-3)25-28-10-6-4-7-11-28/h5,8-9,12-15,24,28,33,37H,4,6-7,10-11,16-23,25-26H2,1-3H3. The van der Waals surface area contributed by atoms with Crippen LogP contribution in [0, 0.1) is 5.92 Å². The lowest BCUT2D eigenvalue weighted by Gasteiger charge is -2.42. The highest BCUT2D eigenvalue weighted by Gasteiger charge is 2.39. The number of benzene rings is 2. The van der Waals surface area contributed by atoms with Gasteiger partial charge in [-0.05, 0) is 75.4 Å². The first-order valence-corrected chi connectivity index (χ1v) is 15.4. The SMILES string of the molecule is COC(CN(CC1CCCCC1)C(=O)CCOCCc1ccc(O)c(C2(c3ccccc3)CCN(C)CC2)c1)OC. The Morgan fingerprint density at radius 2 is 1.73 bits per heavy atom. The van der Waals surface area contributed by atoms with Crippen LogP contribution >= 0.6 is 0 Å². The molecular weight excluding hydrogens is 516 g/mol. The Bertz CT molecular complexity index is 1060. The number of methoxy groups -OCH3 is 2. The number of ether oxygens (including phenoxy) is 3. The normalized spacial score (nSPS) is 18.0. The average molecular weight is 567 g/mol. The lowest BCUT2D eigenvalue weighted by atomic mass is 9.67. The van der Waals surface area contributed by atoms with Gasteiger partial charge in [-0.1, -0.05) is 61.7 Å². The van der Waals surface area contributed by atoms with Crippen LogP contribution in [0.2, 0.25) is 0 Å².